The maximum atomic E-state index is 5.35. The second-order valence-electron chi connectivity index (χ2n) is 4.21. The number of hydrogen-bond donors (Lipinski definition) is 0. The van der Waals surface area contributed by atoms with Crippen molar-refractivity contribution in [2.24, 2.45) is 0 Å². The number of rotatable bonds is 6. The topological polar surface area (TPSA) is 9.23 Å². The Morgan fingerprint density at radius 1 is 1.25 bits per heavy atom. The average molecular weight is 285 g/mol. The van der Waals surface area contributed by atoms with Gasteiger partial charge in [0.25, 0.3) is 0 Å². The van der Waals surface area contributed by atoms with E-state index in [2.05, 4.69) is 48.0 Å². The van der Waals surface area contributed by atoms with Crippen molar-refractivity contribution in [3.05, 3.63) is 34.9 Å². The summed E-state index contributed by atoms with van der Waals surface area (Å²) in [4.78, 5) is 0.515. The van der Waals surface area contributed by atoms with Gasteiger partial charge in [-0.15, -0.1) is 0 Å². The van der Waals surface area contributed by atoms with Gasteiger partial charge in [-0.2, -0.15) is 0 Å². The third-order valence-corrected chi connectivity index (χ3v) is 3.59. The predicted molar refractivity (Wildman–Crippen MR) is 73.4 cm³/mol. The number of ether oxygens (including phenoxy) is 1. The zero-order valence-corrected chi connectivity index (χ0v) is 12.0. The van der Waals surface area contributed by atoms with Crippen LogP contribution in [0.5, 0.6) is 0 Å². The first-order valence-corrected chi connectivity index (χ1v) is 6.83. The summed E-state index contributed by atoms with van der Waals surface area (Å²) < 4.78 is 5.35. The van der Waals surface area contributed by atoms with E-state index in [9.17, 15) is 0 Å². The van der Waals surface area contributed by atoms with E-state index in [1.165, 1.54) is 16.7 Å². The van der Waals surface area contributed by atoms with Crippen LogP contribution in [0.2, 0.25) is 0 Å². The van der Waals surface area contributed by atoms with Crippen molar-refractivity contribution in [1.29, 1.82) is 0 Å². The van der Waals surface area contributed by atoms with Crippen LogP contribution in [0.3, 0.4) is 0 Å². The van der Waals surface area contributed by atoms with E-state index < -0.39 is 0 Å². The Morgan fingerprint density at radius 3 is 2.62 bits per heavy atom. The molecule has 90 valence electrons. The zero-order valence-electron chi connectivity index (χ0n) is 10.4. The van der Waals surface area contributed by atoms with Crippen LogP contribution in [-0.2, 0) is 11.2 Å². The Labute approximate surface area is 107 Å². The molecule has 0 fully saturated rings. The molecule has 0 aliphatic rings. The van der Waals surface area contributed by atoms with Gasteiger partial charge in [-0.05, 0) is 50.3 Å². The first-order valence-electron chi connectivity index (χ1n) is 5.91. The molecule has 0 amide bonds. The van der Waals surface area contributed by atoms with E-state index in [4.69, 9.17) is 4.74 Å². The molecule has 0 aromatic heterocycles. The Bertz CT molecular complexity index is 323. The summed E-state index contributed by atoms with van der Waals surface area (Å²) in [6.45, 7) is 8.01. The maximum absolute atomic E-state index is 5.35. The predicted octanol–water partition coefficient (Wildman–Crippen LogP) is 4.04. The Hall–Kier alpha value is -0.340. The van der Waals surface area contributed by atoms with Crippen molar-refractivity contribution in [3.63, 3.8) is 0 Å². The summed E-state index contributed by atoms with van der Waals surface area (Å²) in [6, 6.07) is 6.70. The van der Waals surface area contributed by atoms with Crippen molar-refractivity contribution >= 4 is 15.9 Å². The molecule has 0 N–H and O–H groups in total. The lowest BCUT2D eigenvalue weighted by atomic mass is 10.0. The fourth-order valence-corrected chi connectivity index (χ4v) is 2.20. The summed E-state index contributed by atoms with van der Waals surface area (Å²) in [5.41, 5.74) is 4.15. The molecule has 0 aliphatic heterocycles. The van der Waals surface area contributed by atoms with E-state index in [0.29, 0.717) is 4.83 Å². The van der Waals surface area contributed by atoms with Crippen LogP contribution in [0.1, 0.15) is 30.0 Å². The fourth-order valence-electron chi connectivity index (χ4n) is 1.64. The Balaban J connectivity index is 2.43. The van der Waals surface area contributed by atoms with Crippen molar-refractivity contribution < 1.29 is 4.74 Å². The number of benzene rings is 1. The monoisotopic (exact) mass is 284 g/mol. The van der Waals surface area contributed by atoms with E-state index >= 15 is 0 Å². The number of alkyl halides is 1. The van der Waals surface area contributed by atoms with Gasteiger partial charge in [0, 0.05) is 18.0 Å². The van der Waals surface area contributed by atoms with Crippen LogP contribution < -0.4 is 0 Å². The highest BCUT2D eigenvalue weighted by Crippen LogP contribution is 2.16. The lowest BCUT2D eigenvalue weighted by Crippen LogP contribution is -2.07. The normalized spacial score (nSPS) is 12.8. The van der Waals surface area contributed by atoms with Crippen LogP contribution in [0.4, 0.5) is 0 Å². The van der Waals surface area contributed by atoms with Crippen molar-refractivity contribution in [2.45, 2.75) is 38.4 Å². The third-order valence-electron chi connectivity index (χ3n) is 2.81. The van der Waals surface area contributed by atoms with Gasteiger partial charge in [-0.25, -0.2) is 0 Å². The summed E-state index contributed by atoms with van der Waals surface area (Å²) >= 11 is 3.71. The SMILES string of the molecule is CCOCCC(Br)Cc1ccc(C)c(C)c1. The van der Waals surface area contributed by atoms with E-state index in [1.54, 1.807) is 0 Å². The van der Waals surface area contributed by atoms with Gasteiger partial charge in [-0.3, -0.25) is 0 Å². The summed E-state index contributed by atoms with van der Waals surface area (Å²) in [5.74, 6) is 0. The Morgan fingerprint density at radius 2 is 2.00 bits per heavy atom. The third kappa shape index (κ3) is 4.67. The molecule has 0 bridgehead atoms. The van der Waals surface area contributed by atoms with Gasteiger partial charge in [0.1, 0.15) is 0 Å². The highest BCUT2D eigenvalue weighted by Gasteiger charge is 2.06. The van der Waals surface area contributed by atoms with Gasteiger partial charge in [0.2, 0.25) is 0 Å². The standard InChI is InChI=1S/C14H21BrO/c1-4-16-8-7-14(15)10-13-6-5-11(2)12(3)9-13/h5-6,9,14H,4,7-8,10H2,1-3H3. The molecule has 1 unspecified atom stereocenters. The van der Waals surface area contributed by atoms with Crippen LogP contribution >= 0.6 is 15.9 Å². The van der Waals surface area contributed by atoms with E-state index in [0.717, 1.165) is 26.1 Å². The molecule has 1 atom stereocenters. The average Bonchev–Trinajstić information content (AvgIpc) is 2.24. The van der Waals surface area contributed by atoms with Gasteiger partial charge in [0.05, 0.1) is 0 Å². The molecule has 1 rings (SSSR count). The molecule has 1 aromatic carbocycles. The molecule has 0 radical (unpaired) electrons. The van der Waals surface area contributed by atoms with Crippen LogP contribution in [0, 0.1) is 13.8 Å². The molecule has 0 saturated heterocycles. The molecular weight excluding hydrogens is 264 g/mol. The molecule has 0 spiro atoms. The maximum Gasteiger partial charge on any atom is 0.0476 e. The minimum Gasteiger partial charge on any atom is -0.382 e. The second-order valence-corrected chi connectivity index (χ2v) is 5.50. The van der Waals surface area contributed by atoms with Gasteiger partial charge in [0.15, 0.2) is 0 Å². The van der Waals surface area contributed by atoms with Crippen LogP contribution in [-0.4, -0.2) is 18.0 Å². The summed E-state index contributed by atoms with van der Waals surface area (Å²) in [7, 11) is 0. The molecule has 0 heterocycles. The van der Waals surface area contributed by atoms with E-state index in [1.807, 2.05) is 6.92 Å². The number of halogens is 1. The molecule has 0 aliphatic carbocycles. The molecular formula is C14H21BrO. The molecule has 16 heavy (non-hydrogen) atoms. The highest BCUT2D eigenvalue weighted by atomic mass is 79.9. The first-order chi connectivity index (χ1) is 7.63. The molecule has 1 aromatic rings. The highest BCUT2D eigenvalue weighted by molar-refractivity contribution is 9.09. The Kier molecular flexibility index (Phi) is 6.07. The summed E-state index contributed by atoms with van der Waals surface area (Å²) in [5, 5.41) is 0. The lowest BCUT2D eigenvalue weighted by molar-refractivity contribution is 0.145. The molecule has 0 saturated carbocycles. The van der Waals surface area contributed by atoms with Crippen molar-refractivity contribution in [2.75, 3.05) is 13.2 Å². The van der Waals surface area contributed by atoms with Crippen LogP contribution in [0.15, 0.2) is 18.2 Å². The molecule has 1 nitrogen and oxygen atoms in total. The van der Waals surface area contributed by atoms with Gasteiger partial charge >= 0.3 is 0 Å². The van der Waals surface area contributed by atoms with E-state index in [-0.39, 0.29) is 0 Å². The van der Waals surface area contributed by atoms with Gasteiger partial charge < -0.3 is 4.74 Å². The molecule has 2 heteroatoms. The number of aryl methyl sites for hydroxylation is 2. The smallest absolute Gasteiger partial charge is 0.0476 e. The van der Waals surface area contributed by atoms with Crippen molar-refractivity contribution in [1.82, 2.24) is 0 Å². The quantitative estimate of drug-likeness (QED) is 0.566. The first kappa shape index (κ1) is 13.7. The number of hydrogen-bond acceptors (Lipinski definition) is 1. The van der Waals surface area contributed by atoms with Crippen molar-refractivity contribution in [3.8, 4) is 0 Å². The largest absolute Gasteiger partial charge is 0.382 e. The summed E-state index contributed by atoms with van der Waals surface area (Å²) in [6.07, 6.45) is 2.15. The van der Waals surface area contributed by atoms with Crippen LogP contribution in [0.25, 0.3) is 0 Å². The van der Waals surface area contributed by atoms with Gasteiger partial charge in [-0.1, -0.05) is 34.1 Å². The minimum atomic E-state index is 0.515. The zero-order chi connectivity index (χ0) is 12.0. The second kappa shape index (κ2) is 7.08. The lowest BCUT2D eigenvalue weighted by Gasteiger charge is -2.11. The fraction of sp³-hybridized carbons (Fsp3) is 0.571. The minimum absolute atomic E-state index is 0.515.